The number of thiophene rings is 2. The molecule has 3 aromatic heterocycles. The minimum absolute atomic E-state index is 0.0769. The van der Waals surface area contributed by atoms with Gasteiger partial charge in [-0.2, -0.15) is 0 Å². The highest BCUT2D eigenvalue weighted by molar-refractivity contribution is 7.99. The van der Waals surface area contributed by atoms with Gasteiger partial charge in [-0.25, -0.2) is 4.98 Å². The van der Waals surface area contributed by atoms with E-state index in [-0.39, 0.29) is 17.2 Å². The van der Waals surface area contributed by atoms with Gasteiger partial charge in [0.05, 0.1) is 11.1 Å². The van der Waals surface area contributed by atoms with Crippen molar-refractivity contribution < 1.29 is 4.79 Å². The number of fused-ring (bicyclic) bond motifs is 2. The molecule has 1 aliphatic heterocycles. The first kappa shape index (κ1) is 17.5. The van der Waals surface area contributed by atoms with Crippen molar-refractivity contribution in [2.75, 3.05) is 12.3 Å². The number of hydrogen-bond donors (Lipinski definition) is 0. The van der Waals surface area contributed by atoms with E-state index >= 15 is 0 Å². The van der Waals surface area contributed by atoms with Crippen molar-refractivity contribution in [3.63, 3.8) is 0 Å². The van der Waals surface area contributed by atoms with Crippen molar-refractivity contribution in [1.29, 1.82) is 0 Å². The zero-order valence-corrected chi connectivity index (χ0v) is 16.5. The first-order valence-corrected chi connectivity index (χ1v) is 11.0. The fraction of sp³-hybridized carbons (Fsp3) is 0.278. The lowest BCUT2D eigenvalue weighted by atomic mass is 10.1. The van der Waals surface area contributed by atoms with E-state index in [0.29, 0.717) is 28.5 Å². The lowest BCUT2D eigenvalue weighted by Gasteiger charge is -2.27. The lowest BCUT2D eigenvalue weighted by Crippen LogP contribution is -2.36. The molecule has 0 aliphatic carbocycles. The quantitative estimate of drug-likeness (QED) is 0.372. The molecule has 8 heteroatoms. The summed E-state index contributed by atoms with van der Waals surface area (Å²) in [6, 6.07) is 3.89. The van der Waals surface area contributed by atoms with Gasteiger partial charge in [0.2, 0.25) is 5.91 Å². The van der Waals surface area contributed by atoms with E-state index < -0.39 is 0 Å². The van der Waals surface area contributed by atoms with Gasteiger partial charge >= 0.3 is 0 Å². The summed E-state index contributed by atoms with van der Waals surface area (Å²) in [6.45, 7) is 5.54. The van der Waals surface area contributed by atoms with Crippen LogP contribution < -0.4 is 5.56 Å². The maximum atomic E-state index is 12.6. The van der Waals surface area contributed by atoms with Crippen LogP contribution in [0.5, 0.6) is 0 Å². The summed E-state index contributed by atoms with van der Waals surface area (Å²) < 4.78 is 1.59. The summed E-state index contributed by atoms with van der Waals surface area (Å²) in [5.41, 5.74) is 1.17. The molecule has 5 nitrogen and oxygen atoms in total. The average molecular weight is 404 g/mol. The molecule has 1 aliphatic rings. The van der Waals surface area contributed by atoms with Crippen molar-refractivity contribution in [1.82, 2.24) is 14.5 Å². The van der Waals surface area contributed by atoms with E-state index in [1.807, 2.05) is 10.3 Å². The fourth-order valence-electron chi connectivity index (χ4n) is 3.01. The molecule has 1 amide bonds. The number of thioether (sulfide) groups is 1. The molecule has 0 saturated carbocycles. The van der Waals surface area contributed by atoms with Crippen LogP contribution in [0.15, 0.2) is 45.5 Å². The predicted octanol–water partition coefficient (Wildman–Crippen LogP) is 3.38. The number of hydrogen-bond acceptors (Lipinski definition) is 6. The van der Waals surface area contributed by atoms with E-state index in [1.165, 1.54) is 33.5 Å². The topological polar surface area (TPSA) is 55.2 Å². The summed E-state index contributed by atoms with van der Waals surface area (Å²) >= 11 is 4.53. The lowest BCUT2D eigenvalue weighted by molar-refractivity contribution is -0.129. The molecule has 0 atom stereocenters. The molecule has 0 bridgehead atoms. The van der Waals surface area contributed by atoms with E-state index in [0.717, 1.165) is 13.0 Å². The summed E-state index contributed by atoms with van der Waals surface area (Å²) in [6.07, 6.45) is 2.60. The third-order valence-electron chi connectivity index (χ3n) is 4.35. The second-order valence-corrected chi connectivity index (χ2v) is 8.80. The SMILES string of the molecule is C=CCn1c(SCC(=O)N2CCc3sccc3C2)nc2sccc2c1=O. The van der Waals surface area contributed by atoms with Gasteiger partial charge in [-0.05, 0) is 34.9 Å². The van der Waals surface area contributed by atoms with E-state index in [2.05, 4.69) is 23.0 Å². The highest BCUT2D eigenvalue weighted by atomic mass is 32.2. The van der Waals surface area contributed by atoms with Crippen LogP contribution >= 0.6 is 34.4 Å². The van der Waals surface area contributed by atoms with Crippen LogP contribution in [0.1, 0.15) is 10.4 Å². The molecule has 134 valence electrons. The number of carbonyl (C=O) groups excluding carboxylic acids is 1. The molecule has 26 heavy (non-hydrogen) atoms. The van der Waals surface area contributed by atoms with Gasteiger partial charge in [-0.1, -0.05) is 17.8 Å². The first-order chi connectivity index (χ1) is 12.7. The molecule has 4 heterocycles. The molecular weight excluding hydrogens is 386 g/mol. The molecule has 0 unspecified atom stereocenters. The van der Waals surface area contributed by atoms with Crippen LogP contribution in [0.25, 0.3) is 10.2 Å². The Labute approximate surface area is 163 Å². The van der Waals surface area contributed by atoms with Crippen LogP contribution in [-0.2, 0) is 24.3 Å². The highest BCUT2D eigenvalue weighted by Gasteiger charge is 2.22. The zero-order valence-electron chi connectivity index (χ0n) is 14.0. The molecule has 3 aromatic rings. The van der Waals surface area contributed by atoms with Crippen molar-refractivity contribution in [2.24, 2.45) is 0 Å². The van der Waals surface area contributed by atoms with Crippen LogP contribution in [0, 0.1) is 0 Å². The van der Waals surface area contributed by atoms with Gasteiger partial charge in [0.15, 0.2) is 5.16 Å². The van der Waals surface area contributed by atoms with Crippen molar-refractivity contribution in [3.05, 3.63) is 56.3 Å². The predicted molar refractivity (Wildman–Crippen MR) is 108 cm³/mol. The normalized spacial score (nSPS) is 13.8. The summed E-state index contributed by atoms with van der Waals surface area (Å²) in [7, 11) is 0. The van der Waals surface area contributed by atoms with Crippen LogP contribution in [-0.4, -0.2) is 32.7 Å². The Kier molecular flexibility index (Phi) is 4.97. The van der Waals surface area contributed by atoms with Gasteiger partial charge in [-0.15, -0.1) is 29.3 Å². The first-order valence-electron chi connectivity index (χ1n) is 8.22. The smallest absolute Gasteiger partial charge is 0.263 e. The summed E-state index contributed by atoms with van der Waals surface area (Å²) in [4.78, 5) is 33.8. The van der Waals surface area contributed by atoms with Gasteiger partial charge < -0.3 is 4.90 Å². The number of amides is 1. The van der Waals surface area contributed by atoms with E-state index in [9.17, 15) is 9.59 Å². The molecule has 0 radical (unpaired) electrons. The maximum Gasteiger partial charge on any atom is 0.263 e. The Balaban J connectivity index is 1.52. The van der Waals surface area contributed by atoms with Crippen LogP contribution in [0.4, 0.5) is 0 Å². The Morgan fingerprint density at radius 2 is 2.19 bits per heavy atom. The molecule has 0 fully saturated rings. The van der Waals surface area contributed by atoms with E-state index in [1.54, 1.807) is 28.0 Å². The molecule has 0 spiro atoms. The number of rotatable bonds is 5. The third-order valence-corrected chi connectivity index (χ3v) is 7.14. The maximum absolute atomic E-state index is 12.6. The highest BCUT2D eigenvalue weighted by Crippen LogP contribution is 2.26. The molecule has 0 saturated heterocycles. The average Bonchev–Trinajstić information content (AvgIpc) is 3.30. The van der Waals surface area contributed by atoms with Crippen molar-refractivity contribution in [2.45, 2.75) is 24.7 Å². The van der Waals surface area contributed by atoms with Crippen LogP contribution in [0.2, 0.25) is 0 Å². The van der Waals surface area contributed by atoms with Gasteiger partial charge in [-0.3, -0.25) is 14.2 Å². The Morgan fingerprint density at radius 3 is 3.04 bits per heavy atom. The number of allylic oxidation sites excluding steroid dienone is 1. The van der Waals surface area contributed by atoms with Gasteiger partial charge in [0.25, 0.3) is 5.56 Å². The summed E-state index contributed by atoms with van der Waals surface area (Å²) in [5.74, 6) is 0.359. The third kappa shape index (κ3) is 3.24. The molecular formula is C18H17N3O2S3. The minimum Gasteiger partial charge on any atom is -0.337 e. The number of aromatic nitrogens is 2. The second kappa shape index (κ2) is 7.38. The Bertz CT molecular complexity index is 1030. The number of carbonyl (C=O) groups is 1. The standard InChI is InChI=1S/C18H17N3O2S3/c1-2-6-21-17(23)13-5-9-25-16(13)19-18(21)26-11-15(22)20-7-3-14-12(10-20)4-8-24-14/h2,4-5,8-9H,1,3,6-7,10-11H2. The molecule has 0 aromatic carbocycles. The van der Waals surface area contributed by atoms with Gasteiger partial charge in [0, 0.05) is 24.5 Å². The largest absolute Gasteiger partial charge is 0.337 e. The Morgan fingerprint density at radius 1 is 1.35 bits per heavy atom. The summed E-state index contributed by atoms with van der Waals surface area (Å²) in [5, 5.41) is 5.14. The Hall–Kier alpha value is -1.90. The van der Waals surface area contributed by atoms with Crippen LogP contribution in [0.3, 0.4) is 0 Å². The monoisotopic (exact) mass is 403 g/mol. The fourth-order valence-corrected chi connectivity index (χ4v) is 5.62. The number of nitrogens with zero attached hydrogens (tertiary/aromatic N) is 3. The minimum atomic E-state index is -0.0769. The van der Waals surface area contributed by atoms with Gasteiger partial charge in [0.1, 0.15) is 4.83 Å². The zero-order chi connectivity index (χ0) is 18.1. The molecule has 4 rings (SSSR count). The van der Waals surface area contributed by atoms with Crippen molar-refractivity contribution >= 4 is 50.6 Å². The second-order valence-electron chi connectivity index (χ2n) is 5.96. The molecule has 0 N–H and O–H groups in total. The van der Waals surface area contributed by atoms with E-state index in [4.69, 9.17) is 0 Å². The van der Waals surface area contributed by atoms with Crippen molar-refractivity contribution in [3.8, 4) is 0 Å².